The predicted molar refractivity (Wildman–Crippen MR) is 165 cm³/mol. The molecule has 0 saturated carbocycles. The standard InChI is InChI=1S/C33H36F4N6O/c1-3-42(4-2)32-40-29-14-9-25(33(35,36)37)19-28(29)30(41-32)39-20-22-7-12-27(13-8-22)43(21-23-5-10-26(34)11-6-23)31(44)24-15-17-38-18-16-24/h5-14,19,24,38H,3-4,15-18,20-21H2,1-2H3,(H,39,40,41). The van der Waals surface area contributed by atoms with Gasteiger partial charge in [0.15, 0.2) is 0 Å². The number of hydrogen-bond donors (Lipinski definition) is 2. The quantitative estimate of drug-likeness (QED) is 0.194. The molecule has 1 aromatic heterocycles. The van der Waals surface area contributed by atoms with Crippen LogP contribution in [0.25, 0.3) is 10.9 Å². The molecule has 0 radical (unpaired) electrons. The minimum atomic E-state index is -4.50. The van der Waals surface area contributed by atoms with Crippen molar-refractivity contribution in [3.05, 3.63) is 89.2 Å². The first kappa shape index (κ1) is 31.2. The number of aromatic nitrogens is 2. The summed E-state index contributed by atoms with van der Waals surface area (Å²) < 4.78 is 54.1. The molecule has 232 valence electrons. The van der Waals surface area contributed by atoms with Crippen molar-refractivity contribution in [2.24, 2.45) is 5.92 Å². The lowest BCUT2D eigenvalue weighted by Gasteiger charge is -2.30. The summed E-state index contributed by atoms with van der Waals surface area (Å²) in [5.41, 5.74) is 2.04. The number of alkyl halides is 3. The molecule has 1 amide bonds. The van der Waals surface area contributed by atoms with Crippen molar-refractivity contribution in [1.82, 2.24) is 15.3 Å². The monoisotopic (exact) mass is 608 g/mol. The Morgan fingerprint density at radius 2 is 1.59 bits per heavy atom. The molecule has 4 aromatic rings. The molecular weight excluding hydrogens is 572 g/mol. The number of nitrogens with zero attached hydrogens (tertiary/aromatic N) is 4. The number of amides is 1. The number of halogens is 4. The van der Waals surface area contributed by atoms with Crippen LogP contribution < -0.4 is 20.4 Å². The Balaban J connectivity index is 1.40. The molecule has 0 bridgehead atoms. The van der Waals surface area contributed by atoms with Gasteiger partial charge in [-0.1, -0.05) is 24.3 Å². The van der Waals surface area contributed by atoms with E-state index in [0.29, 0.717) is 49.1 Å². The van der Waals surface area contributed by atoms with Crippen LogP contribution in [0.3, 0.4) is 0 Å². The molecule has 0 unspecified atom stereocenters. The molecule has 2 N–H and O–H groups in total. The fourth-order valence-corrected chi connectivity index (χ4v) is 5.41. The van der Waals surface area contributed by atoms with Crippen LogP contribution in [0.1, 0.15) is 43.4 Å². The van der Waals surface area contributed by atoms with Gasteiger partial charge in [0.25, 0.3) is 0 Å². The maximum Gasteiger partial charge on any atom is 0.416 e. The van der Waals surface area contributed by atoms with Gasteiger partial charge in [-0.2, -0.15) is 18.2 Å². The maximum absolute atomic E-state index is 13.6. The fourth-order valence-electron chi connectivity index (χ4n) is 5.41. The van der Waals surface area contributed by atoms with Crippen molar-refractivity contribution in [2.75, 3.05) is 41.3 Å². The highest BCUT2D eigenvalue weighted by Crippen LogP contribution is 2.34. The number of nitrogens with one attached hydrogen (secondary N) is 2. The molecule has 1 aliphatic heterocycles. The largest absolute Gasteiger partial charge is 0.416 e. The van der Waals surface area contributed by atoms with Crippen LogP contribution >= 0.6 is 0 Å². The predicted octanol–water partition coefficient (Wildman–Crippen LogP) is 6.78. The van der Waals surface area contributed by atoms with E-state index < -0.39 is 11.7 Å². The molecule has 1 aliphatic rings. The molecule has 5 rings (SSSR count). The molecule has 11 heteroatoms. The topological polar surface area (TPSA) is 73.4 Å². The Bertz CT molecular complexity index is 1570. The number of hydrogen-bond acceptors (Lipinski definition) is 6. The van der Waals surface area contributed by atoms with Gasteiger partial charge in [-0.3, -0.25) is 4.79 Å². The van der Waals surface area contributed by atoms with Crippen LogP contribution in [0.2, 0.25) is 0 Å². The molecule has 1 saturated heterocycles. The number of benzene rings is 3. The van der Waals surface area contributed by atoms with Crippen molar-refractivity contribution in [2.45, 2.75) is 46.0 Å². The number of anilines is 3. The van der Waals surface area contributed by atoms with Crippen molar-refractivity contribution >= 4 is 34.3 Å². The Morgan fingerprint density at radius 3 is 2.23 bits per heavy atom. The highest BCUT2D eigenvalue weighted by atomic mass is 19.4. The summed E-state index contributed by atoms with van der Waals surface area (Å²) in [4.78, 5) is 26.5. The first-order valence-corrected chi connectivity index (χ1v) is 14.9. The molecule has 3 aromatic carbocycles. The fraction of sp³-hybridized carbons (Fsp3) is 0.364. The van der Waals surface area contributed by atoms with E-state index in [9.17, 15) is 22.4 Å². The third-order valence-electron chi connectivity index (χ3n) is 7.97. The molecular formula is C33H36F4N6O. The Labute approximate surface area is 254 Å². The van der Waals surface area contributed by atoms with E-state index in [-0.39, 0.29) is 23.0 Å². The SMILES string of the molecule is CCN(CC)c1nc(NCc2ccc(N(Cc3ccc(F)cc3)C(=O)C3CCNCC3)cc2)c2cc(C(F)(F)F)ccc2n1. The lowest BCUT2D eigenvalue weighted by molar-refractivity contribution is -0.137. The average Bonchev–Trinajstić information content (AvgIpc) is 3.03. The number of carbonyl (C=O) groups excluding carboxylic acids is 1. The normalized spacial score (nSPS) is 14.0. The lowest BCUT2D eigenvalue weighted by Crippen LogP contribution is -2.40. The molecule has 44 heavy (non-hydrogen) atoms. The second-order valence-corrected chi connectivity index (χ2v) is 10.9. The van der Waals surface area contributed by atoms with Crippen LogP contribution in [-0.2, 0) is 24.1 Å². The number of piperidine rings is 1. The van der Waals surface area contributed by atoms with Crippen molar-refractivity contribution in [3.8, 4) is 0 Å². The molecule has 2 heterocycles. The lowest BCUT2D eigenvalue weighted by atomic mass is 9.96. The molecule has 0 atom stereocenters. The summed E-state index contributed by atoms with van der Waals surface area (Å²) in [5.74, 6) is 0.334. The van der Waals surface area contributed by atoms with Gasteiger partial charge in [0.1, 0.15) is 11.6 Å². The first-order chi connectivity index (χ1) is 21.2. The molecule has 0 aliphatic carbocycles. The Kier molecular flexibility index (Phi) is 9.63. The van der Waals surface area contributed by atoms with E-state index in [2.05, 4.69) is 20.6 Å². The van der Waals surface area contributed by atoms with E-state index in [1.54, 1.807) is 17.0 Å². The van der Waals surface area contributed by atoms with Crippen LogP contribution in [-0.4, -0.2) is 42.1 Å². The van der Waals surface area contributed by atoms with Gasteiger partial charge >= 0.3 is 6.18 Å². The maximum atomic E-state index is 13.6. The van der Waals surface area contributed by atoms with Gasteiger partial charge in [0.2, 0.25) is 11.9 Å². The van der Waals surface area contributed by atoms with E-state index in [0.717, 1.165) is 49.2 Å². The number of rotatable bonds is 10. The Morgan fingerprint density at radius 1 is 0.932 bits per heavy atom. The number of fused-ring (bicyclic) bond motifs is 1. The summed E-state index contributed by atoms with van der Waals surface area (Å²) in [6.45, 7) is 7.39. The minimum Gasteiger partial charge on any atom is -0.365 e. The van der Waals surface area contributed by atoms with Crippen LogP contribution in [0.5, 0.6) is 0 Å². The van der Waals surface area contributed by atoms with Crippen molar-refractivity contribution < 1.29 is 22.4 Å². The second kappa shape index (κ2) is 13.6. The summed E-state index contributed by atoms with van der Waals surface area (Å²) in [6, 6.07) is 17.1. The zero-order valence-electron chi connectivity index (χ0n) is 24.8. The molecule has 7 nitrogen and oxygen atoms in total. The van der Waals surface area contributed by atoms with Crippen LogP contribution in [0.4, 0.5) is 35.0 Å². The van der Waals surface area contributed by atoms with Gasteiger partial charge < -0.3 is 20.4 Å². The highest BCUT2D eigenvalue weighted by Gasteiger charge is 2.31. The van der Waals surface area contributed by atoms with Gasteiger partial charge in [-0.05, 0) is 93.4 Å². The smallest absolute Gasteiger partial charge is 0.365 e. The zero-order chi connectivity index (χ0) is 31.3. The van der Waals surface area contributed by atoms with Gasteiger partial charge in [-0.25, -0.2) is 9.37 Å². The Hall–Kier alpha value is -4.25. The summed E-state index contributed by atoms with van der Waals surface area (Å²) >= 11 is 0. The molecule has 0 spiro atoms. The van der Waals surface area contributed by atoms with E-state index in [4.69, 9.17) is 0 Å². The summed E-state index contributed by atoms with van der Waals surface area (Å²) in [5, 5.41) is 6.80. The van der Waals surface area contributed by atoms with Crippen molar-refractivity contribution in [1.29, 1.82) is 0 Å². The van der Waals surface area contributed by atoms with Crippen LogP contribution in [0, 0.1) is 11.7 Å². The first-order valence-electron chi connectivity index (χ1n) is 14.9. The third kappa shape index (κ3) is 7.27. The molecule has 1 fully saturated rings. The average molecular weight is 609 g/mol. The highest BCUT2D eigenvalue weighted by molar-refractivity contribution is 5.95. The second-order valence-electron chi connectivity index (χ2n) is 10.9. The van der Waals surface area contributed by atoms with E-state index in [1.807, 2.05) is 43.0 Å². The van der Waals surface area contributed by atoms with E-state index >= 15 is 0 Å². The summed E-state index contributed by atoms with van der Waals surface area (Å²) in [6.07, 6.45) is -3.00. The number of carbonyl (C=O) groups is 1. The minimum absolute atomic E-state index is 0.0264. The van der Waals surface area contributed by atoms with Crippen LogP contribution in [0.15, 0.2) is 66.7 Å². The zero-order valence-corrected chi connectivity index (χ0v) is 24.8. The van der Waals surface area contributed by atoms with Gasteiger partial charge in [0.05, 0.1) is 17.6 Å². The van der Waals surface area contributed by atoms with E-state index in [1.165, 1.54) is 18.2 Å². The van der Waals surface area contributed by atoms with Gasteiger partial charge in [0, 0.05) is 36.6 Å². The summed E-state index contributed by atoms with van der Waals surface area (Å²) in [7, 11) is 0. The third-order valence-corrected chi connectivity index (χ3v) is 7.97. The van der Waals surface area contributed by atoms with Crippen molar-refractivity contribution in [3.63, 3.8) is 0 Å². The van der Waals surface area contributed by atoms with Gasteiger partial charge in [-0.15, -0.1) is 0 Å².